The number of aromatic amines is 1. The Kier molecular flexibility index (Phi) is 5.52. The van der Waals surface area contributed by atoms with Crippen LogP contribution in [-0.4, -0.2) is 28.3 Å². The monoisotopic (exact) mass is 402 g/mol. The third-order valence-corrected chi connectivity index (χ3v) is 4.74. The lowest BCUT2D eigenvalue weighted by Gasteiger charge is -2.20. The zero-order chi connectivity index (χ0) is 20.9. The summed E-state index contributed by atoms with van der Waals surface area (Å²) in [7, 11) is 0. The molecule has 0 aliphatic heterocycles. The Morgan fingerprint density at radius 2 is 1.73 bits per heavy atom. The molecule has 0 bridgehead atoms. The number of hydrogen-bond acceptors (Lipinski definition) is 3. The molecule has 4 rings (SSSR count). The molecule has 30 heavy (non-hydrogen) atoms. The lowest BCUT2D eigenvalue weighted by Crippen LogP contribution is -2.39. The zero-order valence-corrected chi connectivity index (χ0v) is 15.9. The zero-order valence-electron chi connectivity index (χ0n) is 15.9. The van der Waals surface area contributed by atoms with Gasteiger partial charge in [0.2, 0.25) is 5.91 Å². The summed E-state index contributed by atoms with van der Waals surface area (Å²) in [5.74, 6) is -1.66. The Morgan fingerprint density at radius 1 is 0.967 bits per heavy atom. The van der Waals surface area contributed by atoms with Gasteiger partial charge < -0.3 is 15.6 Å². The highest BCUT2D eigenvalue weighted by molar-refractivity contribution is 5.96. The molecule has 1 heterocycles. The predicted octanol–water partition coefficient (Wildman–Crippen LogP) is 3.34. The third kappa shape index (κ3) is 4.20. The van der Waals surface area contributed by atoms with Crippen LogP contribution in [-0.2, 0) is 4.79 Å². The molecule has 150 valence electrons. The van der Waals surface area contributed by atoms with Crippen molar-refractivity contribution in [2.45, 2.75) is 6.04 Å². The minimum Gasteiger partial charge on any atom is -0.345 e. The number of carbonyl (C=O) groups is 2. The first-order valence-electron chi connectivity index (χ1n) is 9.42. The highest BCUT2D eigenvalue weighted by atomic mass is 19.1. The Bertz CT molecular complexity index is 1190. The van der Waals surface area contributed by atoms with Crippen molar-refractivity contribution in [1.29, 1.82) is 0 Å². The lowest BCUT2D eigenvalue weighted by molar-refractivity contribution is -0.120. The van der Waals surface area contributed by atoms with Crippen LogP contribution in [0.15, 0.2) is 79.1 Å². The Balaban J connectivity index is 1.51. The molecule has 0 saturated carbocycles. The van der Waals surface area contributed by atoms with Gasteiger partial charge in [-0.05, 0) is 35.4 Å². The molecule has 0 radical (unpaired) electrons. The highest BCUT2D eigenvalue weighted by Crippen LogP contribution is 2.24. The van der Waals surface area contributed by atoms with E-state index >= 15 is 0 Å². The first-order valence-corrected chi connectivity index (χ1v) is 9.42. The summed E-state index contributed by atoms with van der Waals surface area (Å²) in [4.78, 5) is 32.0. The van der Waals surface area contributed by atoms with E-state index in [2.05, 4.69) is 20.6 Å². The number of carbonyl (C=O) groups excluding carboxylic acids is 2. The van der Waals surface area contributed by atoms with E-state index in [1.807, 2.05) is 48.5 Å². The summed E-state index contributed by atoms with van der Waals surface area (Å²) in [6, 6.07) is 20.4. The van der Waals surface area contributed by atoms with Gasteiger partial charge in [0.15, 0.2) is 0 Å². The van der Waals surface area contributed by atoms with E-state index < -0.39 is 23.7 Å². The number of amides is 2. The summed E-state index contributed by atoms with van der Waals surface area (Å²) < 4.78 is 13.7. The topological polar surface area (TPSA) is 86.9 Å². The largest absolute Gasteiger partial charge is 0.345 e. The quantitative estimate of drug-likeness (QED) is 0.462. The standard InChI is InChI=1S/C23H19FN4O2/c24-18-9-5-4-8-17(18)23(30)25-13-21(29)28-22(15-6-2-1-3-7-15)16-10-11-19-20(12-16)27-14-26-19/h1-12,14,22H,13H2,(H,25,30)(H,26,27)(H,28,29). The summed E-state index contributed by atoms with van der Waals surface area (Å²) >= 11 is 0. The maximum absolute atomic E-state index is 13.7. The average Bonchev–Trinajstić information content (AvgIpc) is 3.24. The van der Waals surface area contributed by atoms with Gasteiger partial charge in [0.25, 0.3) is 5.91 Å². The molecule has 0 saturated heterocycles. The molecule has 1 aromatic heterocycles. The smallest absolute Gasteiger partial charge is 0.254 e. The molecule has 2 amide bonds. The molecule has 6 nitrogen and oxygen atoms in total. The summed E-state index contributed by atoms with van der Waals surface area (Å²) in [6.07, 6.45) is 1.61. The Hall–Kier alpha value is -4.00. The van der Waals surface area contributed by atoms with E-state index in [0.717, 1.165) is 22.2 Å². The minimum absolute atomic E-state index is 0.102. The molecule has 0 aliphatic carbocycles. The number of benzene rings is 3. The van der Waals surface area contributed by atoms with Crippen molar-refractivity contribution in [3.05, 3.63) is 102 Å². The van der Waals surface area contributed by atoms with Crippen LogP contribution in [0, 0.1) is 5.82 Å². The molecule has 0 fully saturated rings. The molecule has 1 unspecified atom stereocenters. The number of rotatable bonds is 6. The number of hydrogen-bond donors (Lipinski definition) is 3. The fourth-order valence-electron chi connectivity index (χ4n) is 3.25. The van der Waals surface area contributed by atoms with Crippen LogP contribution in [0.3, 0.4) is 0 Å². The summed E-state index contributed by atoms with van der Waals surface area (Å²) in [5.41, 5.74) is 3.34. The van der Waals surface area contributed by atoms with Gasteiger partial charge in [-0.3, -0.25) is 9.59 Å². The van der Waals surface area contributed by atoms with Crippen LogP contribution in [0.2, 0.25) is 0 Å². The molecule has 0 aliphatic rings. The van der Waals surface area contributed by atoms with Crippen molar-refractivity contribution in [1.82, 2.24) is 20.6 Å². The molecule has 7 heteroatoms. The van der Waals surface area contributed by atoms with Gasteiger partial charge in [0, 0.05) is 0 Å². The maximum Gasteiger partial charge on any atom is 0.254 e. The highest BCUT2D eigenvalue weighted by Gasteiger charge is 2.19. The Labute approximate surface area is 172 Å². The van der Waals surface area contributed by atoms with E-state index in [1.165, 1.54) is 18.2 Å². The SMILES string of the molecule is O=C(CNC(=O)c1ccccc1F)NC(c1ccccc1)c1ccc2nc[nH]c2c1. The van der Waals surface area contributed by atoms with Crippen molar-refractivity contribution in [2.24, 2.45) is 0 Å². The van der Waals surface area contributed by atoms with Crippen LogP contribution in [0.25, 0.3) is 11.0 Å². The number of nitrogens with zero attached hydrogens (tertiary/aromatic N) is 1. The average molecular weight is 402 g/mol. The normalized spacial score (nSPS) is 11.8. The second kappa shape index (κ2) is 8.57. The first-order chi connectivity index (χ1) is 14.6. The van der Waals surface area contributed by atoms with Crippen LogP contribution in [0.4, 0.5) is 4.39 Å². The molecule has 0 spiro atoms. The molecule has 4 aromatic rings. The predicted molar refractivity (Wildman–Crippen MR) is 111 cm³/mol. The van der Waals surface area contributed by atoms with Crippen LogP contribution in [0.1, 0.15) is 27.5 Å². The van der Waals surface area contributed by atoms with Crippen molar-refractivity contribution in [3.8, 4) is 0 Å². The van der Waals surface area contributed by atoms with E-state index in [0.29, 0.717) is 0 Å². The van der Waals surface area contributed by atoms with Gasteiger partial charge in [0.05, 0.1) is 35.5 Å². The Morgan fingerprint density at radius 3 is 2.53 bits per heavy atom. The molecular weight excluding hydrogens is 383 g/mol. The third-order valence-electron chi connectivity index (χ3n) is 4.74. The number of H-pyrrole nitrogens is 1. The van der Waals surface area contributed by atoms with Gasteiger partial charge in [-0.25, -0.2) is 9.37 Å². The van der Waals surface area contributed by atoms with Gasteiger partial charge in [-0.15, -0.1) is 0 Å². The fraction of sp³-hybridized carbons (Fsp3) is 0.0870. The number of nitrogens with one attached hydrogen (secondary N) is 3. The van der Waals surface area contributed by atoms with E-state index in [9.17, 15) is 14.0 Å². The van der Waals surface area contributed by atoms with Gasteiger partial charge in [-0.2, -0.15) is 0 Å². The van der Waals surface area contributed by atoms with E-state index in [4.69, 9.17) is 0 Å². The van der Waals surface area contributed by atoms with Crippen LogP contribution >= 0.6 is 0 Å². The summed E-state index contributed by atoms with van der Waals surface area (Å²) in [6.45, 7) is -0.275. The van der Waals surface area contributed by atoms with Crippen molar-refractivity contribution >= 4 is 22.8 Å². The second-order valence-electron chi connectivity index (χ2n) is 6.75. The second-order valence-corrected chi connectivity index (χ2v) is 6.75. The maximum atomic E-state index is 13.7. The van der Waals surface area contributed by atoms with Crippen LogP contribution < -0.4 is 10.6 Å². The molecule has 3 N–H and O–H groups in total. The van der Waals surface area contributed by atoms with E-state index in [-0.39, 0.29) is 12.1 Å². The summed E-state index contributed by atoms with van der Waals surface area (Å²) in [5, 5.41) is 5.41. The number of imidazole rings is 1. The van der Waals surface area contributed by atoms with Crippen molar-refractivity contribution in [2.75, 3.05) is 6.54 Å². The molecule has 3 aromatic carbocycles. The lowest BCUT2D eigenvalue weighted by atomic mass is 9.98. The van der Waals surface area contributed by atoms with E-state index in [1.54, 1.807) is 12.4 Å². The molecule has 1 atom stereocenters. The number of halogens is 1. The van der Waals surface area contributed by atoms with Crippen molar-refractivity contribution in [3.63, 3.8) is 0 Å². The van der Waals surface area contributed by atoms with Crippen molar-refractivity contribution < 1.29 is 14.0 Å². The fourth-order valence-corrected chi connectivity index (χ4v) is 3.25. The molecular formula is C23H19FN4O2. The van der Waals surface area contributed by atoms with Gasteiger partial charge in [-0.1, -0.05) is 48.5 Å². The van der Waals surface area contributed by atoms with Crippen LogP contribution in [0.5, 0.6) is 0 Å². The number of fused-ring (bicyclic) bond motifs is 1. The van der Waals surface area contributed by atoms with Gasteiger partial charge in [0.1, 0.15) is 5.82 Å². The number of aromatic nitrogens is 2. The van der Waals surface area contributed by atoms with Gasteiger partial charge >= 0.3 is 0 Å². The first kappa shape index (κ1) is 19.3. The minimum atomic E-state index is -0.640.